The lowest BCUT2D eigenvalue weighted by Crippen LogP contribution is -2.29. The molecule has 7 heteroatoms. The van der Waals surface area contributed by atoms with Crippen LogP contribution in [0.15, 0.2) is 29.5 Å². The molecule has 0 saturated heterocycles. The number of hydrogen-bond acceptors (Lipinski definition) is 4. The zero-order chi connectivity index (χ0) is 13.0. The Morgan fingerprint density at radius 3 is 3.11 bits per heavy atom. The van der Waals surface area contributed by atoms with Gasteiger partial charge in [0.25, 0.3) is 11.5 Å². The maximum atomic E-state index is 11.8. The molecule has 18 heavy (non-hydrogen) atoms. The average Bonchev–Trinajstić information content (AvgIpc) is 2.84. The van der Waals surface area contributed by atoms with Gasteiger partial charge in [0.05, 0.1) is 6.54 Å². The number of amides is 1. The van der Waals surface area contributed by atoms with E-state index >= 15 is 0 Å². The van der Waals surface area contributed by atoms with Gasteiger partial charge in [-0.25, -0.2) is 0 Å². The molecule has 0 unspecified atom stereocenters. The Morgan fingerprint density at radius 2 is 2.39 bits per heavy atom. The van der Waals surface area contributed by atoms with E-state index in [2.05, 4.69) is 20.5 Å². The number of aromatic nitrogens is 4. The minimum absolute atomic E-state index is 0.0834. The van der Waals surface area contributed by atoms with Crippen LogP contribution in [0.25, 0.3) is 0 Å². The Labute approximate surface area is 103 Å². The number of nitrogens with one attached hydrogen (secondary N) is 2. The van der Waals surface area contributed by atoms with Crippen LogP contribution in [0, 0.1) is 0 Å². The Kier molecular flexibility index (Phi) is 3.52. The molecule has 0 aromatic carbocycles. The van der Waals surface area contributed by atoms with Gasteiger partial charge in [-0.05, 0) is 19.1 Å². The van der Waals surface area contributed by atoms with Crippen molar-refractivity contribution in [3.63, 3.8) is 0 Å². The number of aromatic amines is 1. The van der Waals surface area contributed by atoms with Crippen molar-refractivity contribution < 1.29 is 4.79 Å². The summed E-state index contributed by atoms with van der Waals surface area (Å²) >= 11 is 0. The monoisotopic (exact) mass is 247 g/mol. The van der Waals surface area contributed by atoms with Crippen LogP contribution in [-0.2, 0) is 13.1 Å². The number of aryl methyl sites for hydroxylation is 1. The summed E-state index contributed by atoms with van der Waals surface area (Å²) < 4.78 is 1.81. The fourth-order valence-corrected chi connectivity index (χ4v) is 1.53. The van der Waals surface area contributed by atoms with Crippen LogP contribution in [0.4, 0.5) is 0 Å². The summed E-state index contributed by atoms with van der Waals surface area (Å²) in [4.78, 5) is 25.6. The van der Waals surface area contributed by atoms with E-state index in [0.29, 0.717) is 5.82 Å². The third-order valence-electron chi connectivity index (χ3n) is 2.51. The van der Waals surface area contributed by atoms with Gasteiger partial charge in [-0.2, -0.15) is 0 Å². The summed E-state index contributed by atoms with van der Waals surface area (Å²) in [6.07, 6.45) is 3.07. The van der Waals surface area contributed by atoms with Gasteiger partial charge in [-0.3, -0.25) is 9.59 Å². The summed E-state index contributed by atoms with van der Waals surface area (Å²) in [7, 11) is 0. The quantitative estimate of drug-likeness (QED) is 0.790. The highest BCUT2D eigenvalue weighted by atomic mass is 16.2. The number of H-pyrrole nitrogens is 1. The molecule has 0 saturated carbocycles. The number of nitrogens with zero attached hydrogens (tertiary/aromatic N) is 3. The third kappa shape index (κ3) is 2.45. The van der Waals surface area contributed by atoms with Crippen LogP contribution in [-0.4, -0.2) is 25.7 Å². The Morgan fingerprint density at radius 1 is 1.56 bits per heavy atom. The van der Waals surface area contributed by atoms with Crippen LogP contribution >= 0.6 is 0 Å². The zero-order valence-corrected chi connectivity index (χ0v) is 9.88. The lowest BCUT2D eigenvalue weighted by molar-refractivity contribution is 0.0948. The first kappa shape index (κ1) is 12.0. The topological polar surface area (TPSA) is 92.7 Å². The molecular formula is C11H13N5O2. The molecule has 7 nitrogen and oxygen atoms in total. The van der Waals surface area contributed by atoms with E-state index in [4.69, 9.17) is 0 Å². The molecule has 2 N–H and O–H groups in total. The van der Waals surface area contributed by atoms with E-state index in [9.17, 15) is 9.59 Å². The molecule has 94 valence electrons. The molecular weight excluding hydrogens is 234 g/mol. The van der Waals surface area contributed by atoms with Gasteiger partial charge in [-0.15, -0.1) is 10.2 Å². The fraction of sp³-hybridized carbons (Fsp3) is 0.273. The van der Waals surface area contributed by atoms with Crippen molar-refractivity contribution in [3.8, 4) is 0 Å². The van der Waals surface area contributed by atoms with E-state index in [0.717, 1.165) is 6.54 Å². The predicted molar refractivity (Wildman–Crippen MR) is 63.9 cm³/mol. The number of carbonyl (C=O) groups excluding carboxylic acids is 1. The second-order valence-electron chi connectivity index (χ2n) is 3.63. The van der Waals surface area contributed by atoms with Gasteiger partial charge in [0, 0.05) is 12.7 Å². The van der Waals surface area contributed by atoms with Crippen LogP contribution in [0.5, 0.6) is 0 Å². The van der Waals surface area contributed by atoms with Crippen LogP contribution in [0.2, 0.25) is 0 Å². The Balaban J connectivity index is 2.05. The van der Waals surface area contributed by atoms with Crippen molar-refractivity contribution in [3.05, 3.63) is 46.4 Å². The molecule has 0 radical (unpaired) electrons. The maximum absolute atomic E-state index is 11.8. The van der Waals surface area contributed by atoms with E-state index in [1.807, 2.05) is 11.5 Å². The largest absolute Gasteiger partial charge is 0.345 e. The van der Waals surface area contributed by atoms with Gasteiger partial charge in [-0.1, -0.05) is 0 Å². The summed E-state index contributed by atoms with van der Waals surface area (Å²) in [6.45, 7) is 2.92. The van der Waals surface area contributed by atoms with E-state index in [-0.39, 0.29) is 12.1 Å². The zero-order valence-electron chi connectivity index (χ0n) is 9.88. The van der Waals surface area contributed by atoms with Crippen LogP contribution in [0.3, 0.4) is 0 Å². The lowest BCUT2D eigenvalue weighted by atomic mass is 10.2. The van der Waals surface area contributed by atoms with Gasteiger partial charge in [0.1, 0.15) is 11.9 Å². The van der Waals surface area contributed by atoms with Gasteiger partial charge < -0.3 is 14.9 Å². The van der Waals surface area contributed by atoms with Crippen molar-refractivity contribution in [2.75, 3.05) is 0 Å². The SMILES string of the molecule is CCn1cnnc1CNC(=O)c1ccc[nH]c1=O. The molecule has 0 spiro atoms. The van der Waals surface area contributed by atoms with E-state index in [1.165, 1.54) is 12.3 Å². The van der Waals surface area contributed by atoms with Crippen molar-refractivity contribution in [1.82, 2.24) is 25.1 Å². The van der Waals surface area contributed by atoms with Gasteiger partial charge >= 0.3 is 0 Å². The van der Waals surface area contributed by atoms with Gasteiger partial charge in [0.2, 0.25) is 0 Å². The number of pyridine rings is 1. The molecule has 2 heterocycles. The normalized spacial score (nSPS) is 10.3. The predicted octanol–water partition coefficient (Wildman–Crippen LogP) is -0.0837. The van der Waals surface area contributed by atoms with Crippen molar-refractivity contribution in [2.45, 2.75) is 20.0 Å². The highest BCUT2D eigenvalue weighted by molar-refractivity contribution is 5.93. The second kappa shape index (κ2) is 5.26. The first-order valence-corrected chi connectivity index (χ1v) is 5.55. The van der Waals surface area contributed by atoms with Crippen molar-refractivity contribution in [2.24, 2.45) is 0 Å². The van der Waals surface area contributed by atoms with Crippen LogP contribution < -0.4 is 10.9 Å². The molecule has 0 aliphatic heterocycles. The third-order valence-corrected chi connectivity index (χ3v) is 2.51. The highest BCUT2D eigenvalue weighted by Crippen LogP contribution is 1.95. The van der Waals surface area contributed by atoms with Crippen molar-refractivity contribution >= 4 is 5.91 Å². The summed E-state index contributed by atoms with van der Waals surface area (Å²) in [5.74, 6) is 0.223. The molecule has 0 bridgehead atoms. The molecule has 2 rings (SSSR count). The molecule has 0 aliphatic rings. The summed E-state index contributed by atoms with van der Waals surface area (Å²) in [5.41, 5.74) is -0.327. The second-order valence-corrected chi connectivity index (χ2v) is 3.63. The Bertz CT molecular complexity index is 601. The molecule has 0 atom stereocenters. The standard InChI is InChI=1S/C11H13N5O2/c1-2-16-7-14-15-9(16)6-13-11(18)8-4-3-5-12-10(8)17/h3-5,7H,2,6H2,1H3,(H,12,17)(H,13,18). The number of rotatable bonds is 4. The van der Waals surface area contributed by atoms with E-state index < -0.39 is 11.5 Å². The number of hydrogen-bond donors (Lipinski definition) is 2. The lowest BCUT2D eigenvalue weighted by Gasteiger charge is -2.05. The van der Waals surface area contributed by atoms with E-state index in [1.54, 1.807) is 12.4 Å². The maximum Gasteiger partial charge on any atom is 0.260 e. The molecule has 2 aromatic rings. The van der Waals surface area contributed by atoms with Gasteiger partial charge in [0.15, 0.2) is 5.82 Å². The molecule has 1 amide bonds. The highest BCUT2D eigenvalue weighted by Gasteiger charge is 2.10. The first-order valence-electron chi connectivity index (χ1n) is 5.55. The minimum atomic E-state index is -0.428. The molecule has 2 aromatic heterocycles. The molecule has 0 fully saturated rings. The smallest absolute Gasteiger partial charge is 0.260 e. The Hall–Kier alpha value is -2.44. The number of carbonyl (C=O) groups is 1. The summed E-state index contributed by atoms with van der Waals surface area (Å²) in [6, 6.07) is 3.07. The van der Waals surface area contributed by atoms with Crippen molar-refractivity contribution in [1.29, 1.82) is 0 Å². The average molecular weight is 247 g/mol. The first-order chi connectivity index (χ1) is 8.72. The summed E-state index contributed by atoms with van der Waals surface area (Å²) in [5, 5.41) is 10.3. The minimum Gasteiger partial charge on any atom is -0.345 e. The molecule has 0 aliphatic carbocycles. The fourth-order valence-electron chi connectivity index (χ4n) is 1.53. The van der Waals surface area contributed by atoms with Crippen LogP contribution in [0.1, 0.15) is 23.1 Å².